The number of nitrogens with two attached hydrogens (primary N) is 1. The van der Waals surface area contributed by atoms with E-state index in [2.05, 4.69) is 19.1 Å². The van der Waals surface area contributed by atoms with Gasteiger partial charge in [-0.05, 0) is 13.8 Å². The van der Waals surface area contributed by atoms with Crippen molar-refractivity contribution < 1.29 is 19.1 Å². The molecule has 78 valence electrons. The van der Waals surface area contributed by atoms with Crippen LogP contribution in [0.2, 0.25) is 0 Å². The van der Waals surface area contributed by atoms with Gasteiger partial charge in [0, 0.05) is 0 Å². The molecule has 0 aromatic carbocycles. The molecule has 2 unspecified atom stereocenters. The molecule has 0 fully saturated rings. The van der Waals surface area contributed by atoms with Gasteiger partial charge in [-0.25, -0.2) is 9.78 Å². The highest BCUT2D eigenvalue weighted by molar-refractivity contribution is 7.44. The van der Waals surface area contributed by atoms with E-state index in [-0.39, 0.29) is 0 Å². The standard InChI is InChI=1S/C6H10N3O4P/c1-5(3-7)10-12-14(9)13-11-6(2)4-8/h5-6H,9H2,1-2H3. The van der Waals surface area contributed by atoms with E-state index in [9.17, 15) is 0 Å². The van der Waals surface area contributed by atoms with E-state index in [4.69, 9.17) is 16.0 Å². The molecule has 8 heteroatoms. The number of nitriles is 2. The summed E-state index contributed by atoms with van der Waals surface area (Å²) in [6.45, 7) is 2.95. The minimum absolute atomic E-state index is 0.749. The molecule has 0 rings (SSSR count). The summed E-state index contributed by atoms with van der Waals surface area (Å²) in [5, 5.41) is 16.6. The minimum Gasteiger partial charge on any atom is -0.260 e. The quantitative estimate of drug-likeness (QED) is 0.401. The van der Waals surface area contributed by atoms with Crippen molar-refractivity contribution in [1.29, 1.82) is 10.5 Å². The van der Waals surface area contributed by atoms with Crippen LogP contribution in [0.1, 0.15) is 13.8 Å². The van der Waals surface area contributed by atoms with E-state index < -0.39 is 20.7 Å². The van der Waals surface area contributed by atoms with Gasteiger partial charge in [0.25, 0.3) is 0 Å². The Hall–Kier alpha value is -0.790. The van der Waals surface area contributed by atoms with E-state index in [1.807, 2.05) is 0 Å². The molecule has 0 spiro atoms. The van der Waals surface area contributed by atoms with Crippen LogP contribution in [0.5, 0.6) is 0 Å². The molecule has 0 saturated carbocycles. The lowest BCUT2D eigenvalue weighted by molar-refractivity contribution is -0.272. The predicted octanol–water partition coefficient (Wildman–Crippen LogP) is 0.893. The first-order valence-electron chi connectivity index (χ1n) is 3.61. The van der Waals surface area contributed by atoms with Crippen LogP contribution in [-0.4, -0.2) is 12.2 Å². The highest BCUT2D eigenvalue weighted by atomic mass is 31.2. The topological polar surface area (TPSA) is 111 Å². The summed E-state index contributed by atoms with van der Waals surface area (Å²) in [4.78, 5) is 8.95. The van der Waals surface area contributed by atoms with Gasteiger partial charge in [0.2, 0.25) is 0 Å². The Labute approximate surface area is 82.7 Å². The zero-order valence-corrected chi connectivity index (χ0v) is 8.60. The van der Waals surface area contributed by atoms with Crippen molar-refractivity contribution in [2.45, 2.75) is 26.1 Å². The molecule has 0 radical (unpaired) electrons. The summed E-state index contributed by atoms with van der Waals surface area (Å²) in [6, 6.07) is 3.51. The molecule has 0 bridgehead atoms. The van der Waals surface area contributed by atoms with Gasteiger partial charge in [-0.3, -0.25) is 5.50 Å². The van der Waals surface area contributed by atoms with Crippen LogP contribution < -0.4 is 5.50 Å². The van der Waals surface area contributed by atoms with Crippen molar-refractivity contribution in [3.05, 3.63) is 0 Å². The summed E-state index contributed by atoms with van der Waals surface area (Å²) in [5.74, 6) is 0. The Morgan fingerprint density at radius 2 is 1.43 bits per heavy atom. The van der Waals surface area contributed by atoms with Crippen molar-refractivity contribution in [2.24, 2.45) is 5.50 Å². The van der Waals surface area contributed by atoms with E-state index in [0.29, 0.717) is 0 Å². The fraction of sp³-hybridized carbons (Fsp3) is 0.667. The minimum atomic E-state index is -1.90. The average molecular weight is 219 g/mol. The lowest BCUT2D eigenvalue weighted by Gasteiger charge is -2.11. The lowest BCUT2D eigenvalue weighted by atomic mass is 10.5. The number of rotatable bonds is 6. The second-order valence-electron chi connectivity index (χ2n) is 2.17. The largest absolute Gasteiger partial charge is 0.318 e. The molecule has 0 amide bonds. The van der Waals surface area contributed by atoms with Gasteiger partial charge < -0.3 is 0 Å². The summed E-state index contributed by atoms with van der Waals surface area (Å²) in [6.07, 6.45) is -1.50. The van der Waals surface area contributed by atoms with Gasteiger partial charge >= 0.3 is 8.53 Å². The number of hydrogen-bond donors (Lipinski definition) is 1. The second kappa shape index (κ2) is 7.60. The molecule has 0 aromatic rings. The zero-order chi connectivity index (χ0) is 11.0. The maximum atomic E-state index is 8.30. The molecule has 0 aliphatic rings. The highest BCUT2D eigenvalue weighted by Crippen LogP contribution is 2.29. The maximum absolute atomic E-state index is 8.30. The van der Waals surface area contributed by atoms with E-state index >= 15 is 0 Å². The van der Waals surface area contributed by atoms with E-state index in [0.717, 1.165) is 0 Å². The molecule has 0 aliphatic heterocycles. The smallest absolute Gasteiger partial charge is 0.260 e. The summed E-state index contributed by atoms with van der Waals surface area (Å²) in [7, 11) is -1.90. The number of nitrogens with zero attached hydrogens (tertiary/aromatic N) is 2. The molecule has 2 atom stereocenters. The molecule has 0 heterocycles. The van der Waals surface area contributed by atoms with Gasteiger partial charge in [-0.2, -0.15) is 19.9 Å². The molecular weight excluding hydrogens is 209 g/mol. The fourth-order valence-electron chi connectivity index (χ4n) is 0.269. The molecular formula is C6H10N3O4P. The van der Waals surface area contributed by atoms with Gasteiger partial charge in [-0.1, -0.05) is 0 Å². The molecule has 7 nitrogen and oxygen atoms in total. The summed E-state index contributed by atoms with van der Waals surface area (Å²) < 4.78 is 8.91. The molecule has 0 aromatic heterocycles. The third-order valence-corrected chi connectivity index (χ3v) is 1.35. The average Bonchev–Trinajstić information content (AvgIpc) is 2.22. The highest BCUT2D eigenvalue weighted by Gasteiger charge is 2.12. The SMILES string of the molecule is CC(C#N)OOP(N)OOC(C)C#N. The third kappa shape index (κ3) is 6.70. The number of hydrogen-bond acceptors (Lipinski definition) is 7. The summed E-state index contributed by atoms with van der Waals surface area (Å²) in [5.41, 5.74) is 5.23. The fourth-order valence-corrected chi connectivity index (χ4v) is 0.722. The van der Waals surface area contributed by atoms with Gasteiger partial charge in [0.15, 0.2) is 12.2 Å². The summed E-state index contributed by atoms with van der Waals surface area (Å²) >= 11 is 0. The Kier molecular flexibility index (Phi) is 7.17. The second-order valence-corrected chi connectivity index (χ2v) is 3.04. The molecule has 0 saturated heterocycles. The Balaban J connectivity index is 3.53. The van der Waals surface area contributed by atoms with Gasteiger partial charge in [-0.15, -0.1) is 0 Å². The van der Waals surface area contributed by atoms with Crippen LogP contribution >= 0.6 is 8.53 Å². The van der Waals surface area contributed by atoms with Gasteiger partial charge in [0.1, 0.15) is 0 Å². The van der Waals surface area contributed by atoms with Crippen molar-refractivity contribution in [3.63, 3.8) is 0 Å². The monoisotopic (exact) mass is 219 g/mol. The van der Waals surface area contributed by atoms with Gasteiger partial charge in [0.05, 0.1) is 12.1 Å². The van der Waals surface area contributed by atoms with Crippen LogP contribution in [0, 0.1) is 22.7 Å². The first kappa shape index (κ1) is 13.2. The van der Waals surface area contributed by atoms with Crippen LogP contribution in [0.25, 0.3) is 0 Å². The Morgan fingerprint density at radius 3 is 1.71 bits per heavy atom. The van der Waals surface area contributed by atoms with Crippen LogP contribution in [0.4, 0.5) is 0 Å². The van der Waals surface area contributed by atoms with Crippen molar-refractivity contribution in [1.82, 2.24) is 0 Å². The first-order valence-corrected chi connectivity index (χ1v) is 4.85. The van der Waals surface area contributed by atoms with E-state index in [1.165, 1.54) is 13.8 Å². The molecule has 2 N–H and O–H groups in total. The maximum Gasteiger partial charge on any atom is 0.318 e. The zero-order valence-electron chi connectivity index (χ0n) is 7.71. The van der Waals surface area contributed by atoms with Crippen LogP contribution in [-0.2, 0) is 19.1 Å². The third-order valence-electron chi connectivity index (χ3n) is 0.885. The normalized spacial score (nSPS) is 16.4. The first-order chi connectivity index (χ1) is 6.60. The Morgan fingerprint density at radius 1 is 1.07 bits per heavy atom. The Bertz CT molecular complexity index is 214. The van der Waals surface area contributed by atoms with Crippen molar-refractivity contribution in [3.8, 4) is 12.1 Å². The predicted molar refractivity (Wildman–Crippen MR) is 45.6 cm³/mol. The lowest BCUT2D eigenvalue weighted by Crippen LogP contribution is -2.10. The molecule has 0 aliphatic carbocycles. The van der Waals surface area contributed by atoms with Crippen LogP contribution in [0.15, 0.2) is 0 Å². The van der Waals surface area contributed by atoms with E-state index in [1.54, 1.807) is 12.1 Å². The molecule has 14 heavy (non-hydrogen) atoms. The van der Waals surface area contributed by atoms with Crippen LogP contribution in [0.3, 0.4) is 0 Å². The van der Waals surface area contributed by atoms with Crippen molar-refractivity contribution >= 4 is 8.53 Å². The van der Waals surface area contributed by atoms with Crippen molar-refractivity contribution in [2.75, 3.05) is 0 Å².